The SMILES string of the molecule is CCC1CC(C(=O)CCCNC(=O)CCOCCOCCNC(=O)[C@H](O)[C@H](CO)OC)C[C@@H](O[C@@H]2O[C@@H](CO)[C@H](O)C(O[C@@H](CC3CCCCC3)C(=O)O)C2NC(C)=O)[C@@H]1O[C@@H]1OC(C)[C@@H](O)[C@H](O)C1O. The van der Waals surface area contributed by atoms with E-state index in [-0.39, 0.29) is 82.8 Å². The van der Waals surface area contributed by atoms with E-state index in [1.807, 2.05) is 6.92 Å². The Morgan fingerprint density at radius 2 is 1.49 bits per heavy atom. The first kappa shape index (κ1) is 60.5. The molecular formula is C47H81N3O21. The minimum atomic E-state index is -1.68. The summed E-state index contributed by atoms with van der Waals surface area (Å²) in [6, 6.07) is -1.33. The molecule has 0 aromatic rings. The van der Waals surface area contributed by atoms with Crippen LogP contribution in [-0.2, 0) is 61.9 Å². The van der Waals surface area contributed by atoms with Gasteiger partial charge < -0.3 is 94.7 Å². The molecule has 2 saturated heterocycles. The number of carboxylic acid groups (broad SMARTS) is 1. The Bertz CT molecular complexity index is 1620. The number of aliphatic hydroxyl groups is 7. The fraction of sp³-hybridized carbons (Fsp3) is 0.894. The molecule has 0 spiro atoms. The highest BCUT2D eigenvalue weighted by atomic mass is 16.7. The molecule has 24 heteroatoms. The molecule has 0 aromatic carbocycles. The Hall–Kier alpha value is -3.05. The van der Waals surface area contributed by atoms with E-state index in [0.29, 0.717) is 19.3 Å². The fourth-order valence-electron chi connectivity index (χ4n) is 9.72. The van der Waals surface area contributed by atoms with Gasteiger partial charge in [0.25, 0.3) is 5.91 Å². The first-order valence-electron chi connectivity index (χ1n) is 25.1. The van der Waals surface area contributed by atoms with E-state index in [1.54, 1.807) is 0 Å². The second-order valence-corrected chi connectivity index (χ2v) is 19.0. The number of Topliss-reactive ketones (excluding diaryl/α,β-unsaturated/α-hetero) is 1. The van der Waals surface area contributed by atoms with Gasteiger partial charge in [-0.25, -0.2) is 4.79 Å². The molecule has 6 unspecified atom stereocenters. The van der Waals surface area contributed by atoms with Crippen LogP contribution in [-0.4, -0.2) is 222 Å². The van der Waals surface area contributed by atoms with Gasteiger partial charge in [-0.05, 0) is 44.4 Å². The average Bonchev–Trinajstić information content (AvgIpc) is 3.35. The second-order valence-electron chi connectivity index (χ2n) is 19.0. The van der Waals surface area contributed by atoms with Crippen LogP contribution in [0.4, 0.5) is 0 Å². The maximum Gasteiger partial charge on any atom is 0.332 e. The molecule has 17 atom stereocenters. The molecule has 2 aliphatic heterocycles. The fourth-order valence-corrected chi connectivity index (χ4v) is 9.72. The number of aliphatic carboxylic acids is 1. The van der Waals surface area contributed by atoms with Gasteiger partial charge in [0.2, 0.25) is 11.8 Å². The summed E-state index contributed by atoms with van der Waals surface area (Å²) < 4.78 is 46.8. The van der Waals surface area contributed by atoms with Crippen molar-refractivity contribution in [3.05, 3.63) is 0 Å². The topological polar surface area (TPSA) is 357 Å². The van der Waals surface area contributed by atoms with E-state index in [2.05, 4.69) is 16.0 Å². The van der Waals surface area contributed by atoms with Gasteiger partial charge in [-0.15, -0.1) is 0 Å². The van der Waals surface area contributed by atoms with Crippen LogP contribution in [0.3, 0.4) is 0 Å². The number of carbonyl (C=O) groups is 5. The minimum Gasteiger partial charge on any atom is -0.479 e. The Balaban J connectivity index is 1.38. The van der Waals surface area contributed by atoms with Gasteiger partial charge in [0.05, 0.1) is 58.0 Å². The lowest BCUT2D eigenvalue weighted by molar-refractivity contribution is -0.338. The zero-order valence-electron chi connectivity index (χ0n) is 41.4. The normalized spacial score (nSPS) is 32.8. The van der Waals surface area contributed by atoms with Gasteiger partial charge in [-0.1, -0.05) is 45.4 Å². The summed E-state index contributed by atoms with van der Waals surface area (Å²) >= 11 is 0. The molecule has 4 fully saturated rings. The molecule has 2 heterocycles. The summed E-state index contributed by atoms with van der Waals surface area (Å²) in [6.07, 6.45) is -13.1. The Labute approximate surface area is 414 Å². The number of hydrogen-bond acceptors (Lipinski definition) is 20. The lowest BCUT2D eigenvalue weighted by Crippen LogP contribution is -2.67. The van der Waals surface area contributed by atoms with Crippen LogP contribution in [0.5, 0.6) is 0 Å². The highest BCUT2D eigenvalue weighted by Crippen LogP contribution is 2.40. The summed E-state index contributed by atoms with van der Waals surface area (Å²) in [5, 5.41) is 91.1. The molecule has 4 aliphatic rings. The number of aliphatic hydroxyl groups excluding tert-OH is 7. The van der Waals surface area contributed by atoms with Crippen LogP contribution < -0.4 is 16.0 Å². The van der Waals surface area contributed by atoms with Crippen molar-refractivity contribution in [3.63, 3.8) is 0 Å². The number of hydrogen-bond donors (Lipinski definition) is 11. The zero-order valence-corrected chi connectivity index (χ0v) is 41.4. The molecule has 2 aliphatic carbocycles. The van der Waals surface area contributed by atoms with E-state index in [0.717, 1.165) is 32.1 Å². The monoisotopic (exact) mass is 1020 g/mol. The lowest BCUT2D eigenvalue weighted by atomic mass is 9.74. The number of methoxy groups -OCH3 is 1. The van der Waals surface area contributed by atoms with Crippen molar-refractivity contribution < 1.29 is 103 Å². The summed E-state index contributed by atoms with van der Waals surface area (Å²) in [5.41, 5.74) is 0. The zero-order chi connectivity index (χ0) is 52.2. The van der Waals surface area contributed by atoms with Crippen molar-refractivity contribution in [3.8, 4) is 0 Å². The molecule has 3 amide bonds. The van der Waals surface area contributed by atoms with Crippen molar-refractivity contribution in [1.29, 1.82) is 0 Å². The lowest BCUT2D eigenvalue weighted by Gasteiger charge is -2.49. The van der Waals surface area contributed by atoms with E-state index >= 15 is 0 Å². The number of ether oxygens (including phenoxy) is 8. The second kappa shape index (κ2) is 31.0. The predicted molar refractivity (Wildman–Crippen MR) is 246 cm³/mol. The number of rotatable bonds is 30. The van der Waals surface area contributed by atoms with Gasteiger partial charge in [-0.2, -0.15) is 0 Å². The quantitative estimate of drug-likeness (QED) is 0.0340. The smallest absolute Gasteiger partial charge is 0.332 e. The maximum absolute atomic E-state index is 14.0. The van der Waals surface area contributed by atoms with Crippen LogP contribution in [0.1, 0.15) is 97.8 Å². The third-order valence-corrected chi connectivity index (χ3v) is 13.8. The van der Waals surface area contributed by atoms with Crippen molar-refractivity contribution in [1.82, 2.24) is 16.0 Å². The van der Waals surface area contributed by atoms with Gasteiger partial charge in [-0.3, -0.25) is 19.2 Å². The molecule has 2 saturated carbocycles. The molecule has 11 N–H and O–H groups in total. The first-order chi connectivity index (χ1) is 33.9. The van der Waals surface area contributed by atoms with E-state index < -0.39 is 135 Å². The van der Waals surface area contributed by atoms with Crippen molar-refractivity contribution in [2.45, 2.75) is 190 Å². The van der Waals surface area contributed by atoms with Gasteiger partial charge in [0.15, 0.2) is 24.8 Å². The highest BCUT2D eigenvalue weighted by molar-refractivity contribution is 5.82. The predicted octanol–water partition coefficient (Wildman–Crippen LogP) is -2.21. The number of amides is 3. The van der Waals surface area contributed by atoms with Crippen LogP contribution >= 0.6 is 0 Å². The molecular weight excluding hydrogens is 943 g/mol. The largest absolute Gasteiger partial charge is 0.479 e. The molecule has 71 heavy (non-hydrogen) atoms. The minimum absolute atomic E-state index is 0.0120. The highest BCUT2D eigenvalue weighted by Gasteiger charge is 2.53. The standard InChI is InChI=1S/C47H81N3O21/c1-5-28-21-29(30(54)12-9-14-48-35(55)13-16-65-18-19-66-17-15-49-44(61)39(58)33(23-51)64-4)22-31(42(28)71-47-41(60)40(59)37(56)25(2)67-47)69-46-36(50-26(3)53)43(38(57)34(24-52)70-46)68-32(45(62)63)20-27-10-7-6-8-11-27/h25,27-29,31-34,36-43,46-47,51-52,56-60H,5-24H2,1-4H3,(H,48,55)(H,49,61)(H,50,53)(H,62,63)/t25?,28?,29?,31-,32+,33+,34+,36?,37-,38+,39-,40+,41?,42-,43?,46-,47+/m1/s1. The van der Waals surface area contributed by atoms with Gasteiger partial charge >= 0.3 is 5.97 Å². The van der Waals surface area contributed by atoms with Crippen molar-refractivity contribution in [2.75, 3.05) is 59.8 Å². The summed E-state index contributed by atoms with van der Waals surface area (Å²) in [7, 11) is 1.26. The van der Waals surface area contributed by atoms with Crippen molar-refractivity contribution >= 4 is 29.5 Å². The molecule has 24 nitrogen and oxygen atoms in total. The molecule has 410 valence electrons. The Morgan fingerprint density at radius 3 is 2.13 bits per heavy atom. The Morgan fingerprint density at radius 1 is 0.789 bits per heavy atom. The van der Waals surface area contributed by atoms with Crippen LogP contribution in [0.15, 0.2) is 0 Å². The van der Waals surface area contributed by atoms with E-state index in [1.165, 1.54) is 21.0 Å². The molecule has 4 rings (SSSR count). The van der Waals surface area contributed by atoms with Crippen LogP contribution in [0.2, 0.25) is 0 Å². The van der Waals surface area contributed by atoms with Crippen LogP contribution in [0, 0.1) is 17.8 Å². The number of carboxylic acids is 1. The average molecular weight is 1020 g/mol. The number of ketones is 1. The van der Waals surface area contributed by atoms with E-state index in [9.17, 15) is 59.7 Å². The summed E-state index contributed by atoms with van der Waals surface area (Å²) in [6.45, 7) is 4.19. The third-order valence-electron chi connectivity index (χ3n) is 13.8. The Kier molecular flexibility index (Phi) is 26.4. The summed E-state index contributed by atoms with van der Waals surface area (Å²) in [5.74, 6) is -4.02. The number of nitrogens with one attached hydrogen (secondary N) is 3. The third kappa shape index (κ3) is 18.4. The van der Waals surface area contributed by atoms with Gasteiger partial charge in [0.1, 0.15) is 54.6 Å². The molecule has 0 bridgehead atoms. The van der Waals surface area contributed by atoms with Gasteiger partial charge in [0, 0.05) is 45.9 Å². The van der Waals surface area contributed by atoms with Crippen molar-refractivity contribution in [2.24, 2.45) is 17.8 Å². The first-order valence-corrected chi connectivity index (χ1v) is 25.1. The van der Waals surface area contributed by atoms with E-state index in [4.69, 9.17) is 43.0 Å². The number of carbonyl (C=O) groups excluding carboxylic acids is 4. The molecule has 0 radical (unpaired) electrons. The molecule has 0 aromatic heterocycles. The summed E-state index contributed by atoms with van der Waals surface area (Å²) in [4.78, 5) is 63.9. The maximum atomic E-state index is 14.0. The van der Waals surface area contributed by atoms with Crippen LogP contribution in [0.25, 0.3) is 0 Å².